The van der Waals surface area contributed by atoms with E-state index in [1.165, 1.54) is 11.8 Å². The molecule has 2 aromatic rings. The van der Waals surface area contributed by atoms with E-state index in [9.17, 15) is 14.4 Å². The number of ether oxygens (including phenoxy) is 1. The number of anilines is 1. The van der Waals surface area contributed by atoms with Gasteiger partial charge in [-0.3, -0.25) is 14.4 Å². The zero-order valence-electron chi connectivity index (χ0n) is 15.8. The van der Waals surface area contributed by atoms with Crippen LogP contribution in [0.5, 0.6) is 0 Å². The van der Waals surface area contributed by atoms with Gasteiger partial charge in [-0.2, -0.15) is 0 Å². The summed E-state index contributed by atoms with van der Waals surface area (Å²) in [7, 11) is 0. The van der Waals surface area contributed by atoms with Crippen LogP contribution in [-0.4, -0.2) is 42.4 Å². The summed E-state index contributed by atoms with van der Waals surface area (Å²) in [6, 6.07) is 16.7. The molecule has 0 aliphatic rings. The van der Waals surface area contributed by atoms with Crippen molar-refractivity contribution in [3.63, 3.8) is 0 Å². The maximum absolute atomic E-state index is 12.5. The molecule has 7 heteroatoms. The summed E-state index contributed by atoms with van der Waals surface area (Å²) in [5.74, 6) is -0.658. The van der Waals surface area contributed by atoms with Crippen LogP contribution in [0.4, 0.5) is 5.69 Å². The molecule has 0 spiro atoms. The number of esters is 1. The third kappa shape index (κ3) is 7.44. The molecule has 148 valence electrons. The summed E-state index contributed by atoms with van der Waals surface area (Å²) in [5.41, 5.74) is 1.99. The minimum Gasteiger partial charge on any atom is -0.465 e. The number of nitrogens with one attached hydrogen (secondary N) is 2. The third-order valence-electron chi connectivity index (χ3n) is 3.75. The van der Waals surface area contributed by atoms with E-state index in [0.29, 0.717) is 24.4 Å². The van der Waals surface area contributed by atoms with Gasteiger partial charge in [-0.25, -0.2) is 0 Å². The van der Waals surface area contributed by atoms with Crippen molar-refractivity contribution in [3.05, 3.63) is 65.7 Å². The normalized spacial score (nSPS) is 10.2. The van der Waals surface area contributed by atoms with Crippen LogP contribution in [0.25, 0.3) is 0 Å². The van der Waals surface area contributed by atoms with Gasteiger partial charge in [0.05, 0.1) is 29.4 Å². The molecule has 2 aromatic carbocycles. The summed E-state index contributed by atoms with van der Waals surface area (Å²) < 4.78 is 4.82. The lowest BCUT2D eigenvalue weighted by Gasteiger charge is -2.11. The Labute approximate surface area is 169 Å². The Morgan fingerprint density at radius 2 is 1.68 bits per heavy atom. The van der Waals surface area contributed by atoms with Gasteiger partial charge >= 0.3 is 5.97 Å². The number of amides is 2. The number of rotatable bonds is 10. The lowest BCUT2D eigenvalue weighted by Crippen LogP contribution is -2.27. The highest BCUT2D eigenvalue weighted by atomic mass is 32.2. The average Bonchev–Trinajstić information content (AvgIpc) is 2.69. The smallest absolute Gasteiger partial charge is 0.315 e. The SMILES string of the molecule is CCOC(=O)CSCC(=O)Nc1ccccc1C(=O)NCCc1ccccc1. The molecule has 0 fully saturated rings. The number of carbonyl (C=O) groups excluding carboxylic acids is 3. The first-order valence-corrected chi connectivity index (χ1v) is 10.2. The van der Waals surface area contributed by atoms with Gasteiger partial charge in [0.2, 0.25) is 5.91 Å². The fraction of sp³-hybridized carbons (Fsp3) is 0.286. The standard InChI is InChI=1S/C21H24N2O4S/c1-2-27-20(25)15-28-14-19(24)23-18-11-7-6-10-17(18)21(26)22-13-12-16-8-4-3-5-9-16/h3-11H,2,12-15H2,1H3,(H,22,26)(H,23,24). The molecule has 0 aliphatic carbocycles. The molecular weight excluding hydrogens is 376 g/mol. The van der Waals surface area contributed by atoms with E-state index < -0.39 is 0 Å². The summed E-state index contributed by atoms with van der Waals surface area (Å²) in [4.78, 5) is 35.9. The summed E-state index contributed by atoms with van der Waals surface area (Å²) in [6.45, 7) is 2.55. The minimum atomic E-state index is -0.349. The van der Waals surface area contributed by atoms with Crippen molar-refractivity contribution in [2.24, 2.45) is 0 Å². The van der Waals surface area contributed by atoms with Gasteiger partial charge in [0, 0.05) is 6.54 Å². The van der Waals surface area contributed by atoms with E-state index in [-0.39, 0.29) is 29.3 Å². The Balaban J connectivity index is 1.84. The van der Waals surface area contributed by atoms with E-state index in [1.54, 1.807) is 31.2 Å². The zero-order chi connectivity index (χ0) is 20.2. The van der Waals surface area contributed by atoms with Crippen LogP contribution in [0.1, 0.15) is 22.8 Å². The number of benzene rings is 2. The molecule has 0 saturated carbocycles. The van der Waals surface area contributed by atoms with Crippen molar-refractivity contribution in [3.8, 4) is 0 Å². The molecule has 0 saturated heterocycles. The average molecular weight is 401 g/mol. The third-order valence-corrected chi connectivity index (χ3v) is 4.65. The van der Waals surface area contributed by atoms with E-state index in [1.807, 2.05) is 30.3 Å². The quantitative estimate of drug-likeness (QED) is 0.599. The Bertz CT molecular complexity index is 796. The first-order chi connectivity index (χ1) is 13.6. The van der Waals surface area contributed by atoms with Gasteiger partial charge in [-0.1, -0.05) is 42.5 Å². The van der Waals surface area contributed by atoms with Crippen molar-refractivity contribution in [2.45, 2.75) is 13.3 Å². The Kier molecular flexibility index (Phi) is 9.07. The van der Waals surface area contributed by atoms with Crippen LogP contribution in [0.2, 0.25) is 0 Å². The highest BCUT2D eigenvalue weighted by molar-refractivity contribution is 8.00. The predicted octanol–water partition coefficient (Wildman–Crippen LogP) is 2.89. The molecule has 2 amide bonds. The summed E-state index contributed by atoms with van der Waals surface area (Å²) >= 11 is 1.17. The monoisotopic (exact) mass is 400 g/mol. The molecule has 28 heavy (non-hydrogen) atoms. The van der Waals surface area contributed by atoms with E-state index in [4.69, 9.17) is 4.74 Å². The number of para-hydroxylation sites is 1. The predicted molar refractivity (Wildman–Crippen MR) is 112 cm³/mol. The fourth-order valence-electron chi connectivity index (χ4n) is 2.47. The Hall–Kier alpha value is -2.80. The molecule has 0 heterocycles. The second-order valence-electron chi connectivity index (χ2n) is 5.88. The molecule has 6 nitrogen and oxygen atoms in total. The molecule has 2 rings (SSSR count). The number of carbonyl (C=O) groups is 3. The van der Waals surface area contributed by atoms with E-state index in [0.717, 1.165) is 12.0 Å². The lowest BCUT2D eigenvalue weighted by molar-refractivity contribution is -0.139. The van der Waals surface area contributed by atoms with Crippen molar-refractivity contribution < 1.29 is 19.1 Å². The minimum absolute atomic E-state index is 0.1000. The zero-order valence-corrected chi connectivity index (χ0v) is 16.6. The van der Waals surface area contributed by atoms with Crippen molar-refractivity contribution in [1.82, 2.24) is 5.32 Å². The molecular formula is C21H24N2O4S. The second-order valence-corrected chi connectivity index (χ2v) is 6.87. The van der Waals surface area contributed by atoms with Crippen LogP contribution < -0.4 is 10.6 Å². The Morgan fingerprint density at radius 3 is 2.43 bits per heavy atom. The largest absolute Gasteiger partial charge is 0.465 e. The van der Waals surface area contributed by atoms with Gasteiger partial charge in [-0.15, -0.1) is 11.8 Å². The lowest BCUT2D eigenvalue weighted by atomic mass is 10.1. The van der Waals surface area contributed by atoms with Gasteiger partial charge in [0.1, 0.15) is 0 Å². The molecule has 0 radical (unpaired) electrons. The van der Waals surface area contributed by atoms with Crippen LogP contribution in [0, 0.1) is 0 Å². The molecule has 0 aromatic heterocycles. The maximum atomic E-state index is 12.5. The number of thioether (sulfide) groups is 1. The van der Waals surface area contributed by atoms with Crippen molar-refractivity contribution in [1.29, 1.82) is 0 Å². The van der Waals surface area contributed by atoms with Gasteiger partial charge in [0.15, 0.2) is 0 Å². The molecule has 2 N–H and O–H groups in total. The Morgan fingerprint density at radius 1 is 0.964 bits per heavy atom. The van der Waals surface area contributed by atoms with Gasteiger partial charge < -0.3 is 15.4 Å². The van der Waals surface area contributed by atoms with Crippen molar-refractivity contribution >= 4 is 35.2 Å². The van der Waals surface area contributed by atoms with E-state index in [2.05, 4.69) is 10.6 Å². The number of hydrogen-bond donors (Lipinski definition) is 2. The van der Waals surface area contributed by atoms with Crippen LogP contribution in [-0.2, 0) is 20.7 Å². The summed E-state index contributed by atoms with van der Waals surface area (Å²) in [5, 5.41) is 5.61. The molecule has 0 atom stereocenters. The summed E-state index contributed by atoms with van der Waals surface area (Å²) in [6.07, 6.45) is 0.728. The van der Waals surface area contributed by atoms with Crippen LogP contribution in [0.15, 0.2) is 54.6 Å². The van der Waals surface area contributed by atoms with Crippen LogP contribution in [0.3, 0.4) is 0 Å². The highest BCUT2D eigenvalue weighted by Crippen LogP contribution is 2.15. The topological polar surface area (TPSA) is 84.5 Å². The number of hydrogen-bond acceptors (Lipinski definition) is 5. The highest BCUT2D eigenvalue weighted by Gasteiger charge is 2.13. The van der Waals surface area contributed by atoms with Crippen LogP contribution >= 0.6 is 11.8 Å². The van der Waals surface area contributed by atoms with Crippen molar-refractivity contribution in [2.75, 3.05) is 30.0 Å². The van der Waals surface area contributed by atoms with Gasteiger partial charge in [-0.05, 0) is 31.0 Å². The molecule has 0 unspecified atom stereocenters. The second kappa shape index (κ2) is 11.8. The first-order valence-electron chi connectivity index (χ1n) is 9.04. The molecule has 0 bridgehead atoms. The van der Waals surface area contributed by atoms with E-state index >= 15 is 0 Å². The fourth-order valence-corrected chi connectivity index (χ4v) is 3.08. The molecule has 0 aliphatic heterocycles. The maximum Gasteiger partial charge on any atom is 0.315 e. The first kappa shape index (κ1) is 21.5. The van der Waals surface area contributed by atoms with Gasteiger partial charge in [0.25, 0.3) is 5.91 Å².